The Bertz CT molecular complexity index is 1200. The molecule has 1 aromatic heterocycles. The Kier molecular flexibility index (Phi) is 6.74. The van der Waals surface area contributed by atoms with Gasteiger partial charge in [-0.3, -0.25) is 4.79 Å². The molecule has 2 heterocycles. The summed E-state index contributed by atoms with van der Waals surface area (Å²) in [5.41, 5.74) is 3.91. The molecule has 0 aliphatic carbocycles. The van der Waals surface area contributed by atoms with E-state index in [1.807, 2.05) is 55.6 Å². The molecule has 1 aliphatic heterocycles. The summed E-state index contributed by atoms with van der Waals surface area (Å²) in [5.74, 6) is -0.226. The third-order valence-corrected chi connectivity index (χ3v) is 8.79. The molecule has 0 spiro atoms. The lowest BCUT2D eigenvalue weighted by Crippen LogP contribution is -2.42. The van der Waals surface area contributed by atoms with Crippen LogP contribution in [0.25, 0.3) is 10.6 Å². The van der Waals surface area contributed by atoms with E-state index in [1.54, 1.807) is 23.5 Å². The standard InChI is InChI=1S/C24H27N3O3S2/c1-17-8-9-22(14-18(17)2)32(29,30)27-12-10-19(11-13-27)23(28)25-15-21-16-31-24(26-21)20-6-4-3-5-7-20/h3-9,14,16,19H,10-13,15H2,1-2H3,(H,25,28). The molecule has 4 rings (SSSR count). The largest absolute Gasteiger partial charge is 0.350 e. The summed E-state index contributed by atoms with van der Waals surface area (Å²) in [7, 11) is -3.54. The van der Waals surface area contributed by atoms with Crippen molar-refractivity contribution in [1.82, 2.24) is 14.6 Å². The molecule has 1 amide bonds. The van der Waals surface area contributed by atoms with E-state index in [0.717, 1.165) is 27.4 Å². The van der Waals surface area contributed by atoms with Crippen molar-refractivity contribution < 1.29 is 13.2 Å². The Morgan fingerprint density at radius 1 is 1.09 bits per heavy atom. The fourth-order valence-corrected chi connectivity index (χ4v) is 6.19. The van der Waals surface area contributed by atoms with Crippen LogP contribution in [-0.4, -0.2) is 36.7 Å². The van der Waals surface area contributed by atoms with Gasteiger partial charge in [0.1, 0.15) is 5.01 Å². The van der Waals surface area contributed by atoms with Crippen LogP contribution in [0.1, 0.15) is 29.7 Å². The van der Waals surface area contributed by atoms with Gasteiger partial charge in [0.05, 0.1) is 17.1 Å². The minimum Gasteiger partial charge on any atom is -0.350 e. The molecule has 6 nitrogen and oxygen atoms in total. The lowest BCUT2D eigenvalue weighted by Gasteiger charge is -2.30. The van der Waals surface area contributed by atoms with Crippen LogP contribution in [-0.2, 0) is 21.4 Å². The topological polar surface area (TPSA) is 79.4 Å². The van der Waals surface area contributed by atoms with Gasteiger partial charge in [-0.2, -0.15) is 4.31 Å². The van der Waals surface area contributed by atoms with Gasteiger partial charge in [-0.25, -0.2) is 13.4 Å². The first-order valence-corrected chi connectivity index (χ1v) is 13.0. The summed E-state index contributed by atoms with van der Waals surface area (Å²) in [6.07, 6.45) is 1.03. The molecule has 2 aromatic carbocycles. The second-order valence-electron chi connectivity index (χ2n) is 8.15. The molecule has 3 aromatic rings. The van der Waals surface area contributed by atoms with Crippen LogP contribution in [0, 0.1) is 19.8 Å². The first kappa shape index (κ1) is 22.6. The van der Waals surface area contributed by atoms with E-state index in [4.69, 9.17) is 0 Å². The lowest BCUT2D eigenvalue weighted by atomic mass is 9.97. The molecule has 0 atom stereocenters. The van der Waals surface area contributed by atoms with Gasteiger partial charge in [-0.15, -0.1) is 11.3 Å². The maximum absolute atomic E-state index is 13.0. The van der Waals surface area contributed by atoms with Crippen molar-refractivity contribution in [3.8, 4) is 10.6 Å². The van der Waals surface area contributed by atoms with E-state index in [-0.39, 0.29) is 11.8 Å². The molecule has 1 aliphatic rings. The quantitative estimate of drug-likeness (QED) is 0.588. The van der Waals surface area contributed by atoms with Crippen molar-refractivity contribution >= 4 is 27.3 Å². The van der Waals surface area contributed by atoms with Gasteiger partial charge in [0.15, 0.2) is 0 Å². The SMILES string of the molecule is Cc1ccc(S(=O)(=O)N2CCC(C(=O)NCc3csc(-c4ccccc4)n3)CC2)cc1C. The summed E-state index contributed by atoms with van der Waals surface area (Å²) >= 11 is 1.56. The number of benzene rings is 2. The van der Waals surface area contributed by atoms with E-state index in [9.17, 15) is 13.2 Å². The third-order valence-electron chi connectivity index (χ3n) is 5.96. The maximum atomic E-state index is 13.0. The summed E-state index contributed by atoms with van der Waals surface area (Å²) in [6.45, 7) is 4.95. The zero-order chi connectivity index (χ0) is 22.7. The van der Waals surface area contributed by atoms with Gasteiger partial charge in [0.25, 0.3) is 0 Å². The Balaban J connectivity index is 1.31. The number of carbonyl (C=O) groups is 1. The molecule has 168 valence electrons. The highest BCUT2D eigenvalue weighted by Crippen LogP contribution is 2.26. The lowest BCUT2D eigenvalue weighted by molar-refractivity contribution is -0.126. The molecule has 8 heteroatoms. The molecule has 0 saturated carbocycles. The molecule has 1 fully saturated rings. The van der Waals surface area contributed by atoms with Gasteiger partial charge < -0.3 is 5.32 Å². The normalized spacial score (nSPS) is 15.6. The molecular weight excluding hydrogens is 442 g/mol. The number of thiazole rings is 1. The van der Waals surface area contributed by atoms with Crippen LogP contribution in [0.5, 0.6) is 0 Å². The monoisotopic (exact) mass is 469 g/mol. The zero-order valence-electron chi connectivity index (χ0n) is 18.2. The van der Waals surface area contributed by atoms with E-state index in [2.05, 4.69) is 10.3 Å². The van der Waals surface area contributed by atoms with E-state index >= 15 is 0 Å². The number of rotatable bonds is 6. The number of sulfonamides is 1. The average Bonchev–Trinajstić information content (AvgIpc) is 3.29. The summed E-state index contributed by atoms with van der Waals surface area (Å²) in [4.78, 5) is 17.6. The number of amides is 1. The van der Waals surface area contributed by atoms with Gasteiger partial charge in [0.2, 0.25) is 15.9 Å². The highest BCUT2D eigenvalue weighted by Gasteiger charge is 2.32. The van der Waals surface area contributed by atoms with Crippen molar-refractivity contribution in [2.24, 2.45) is 5.92 Å². The minimum atomic E-state index is -3.54. The van der Waals surface area contributed by atoms with Gasteiger partial charge in [0, 0.05) is 30.0 Å². The number of hydrogen-bond donors (Lipinski definition) is 1. The van der Waals surface area contributed by atoms with Crippen LogP contribution >= 0.6 is 11.3 Å². The van der Waals surface area contributed by atoms with Gasteiger partial charge >= 0.3 is 0 Å². The molecule has 32 heavy (non-hydrogen) atoms. The number of nitrogens with zero attached hydrogens (tertiary/aromatic N) is 2. The smallest absolute Gasteiger partial charge is 0.243 e. The maximum Gasteiger partial charge on any atom is 0.243 e. The van der Waals surface area contributed by atoms with E-state index in [0.29, 0.717) is 37.4 Å². The third kappa shape index (κ3) is 4.92. The Hall–Kier alpha value is -2.55. The number of aromatic nitrogens is 1. The van der Waals surface area contributed by atoms with Crippen LogP contribution in [0.15, 0.2) is 58.8 Å². The summed E-state index contributed by atoms with van der Waals surface area (Å²) in [5, 5.41) is 5.86. The number of carbonyl (C=O) groups excluding carboxylic acids is 1. The highest BCUT2D eigenvalue weighted by atomic mass is 32.2. The predicted octanol–water partition coefficient (Wildman–Crippen LogP) is 4.14. The zero-order valence-corrected chi connectivity index (χ0v) is 19.9. The number of piperidine rings is 1. The van der Waals surface area contributed by atoms with Crippen molar-refractivity contribution in [3.63, 3.8) is 0 Å². The minimum absolute atomic E-state index is 0.0394. The first-order valence-electron chi connectivity index (χ1n) is 10.7. The summed E-state index contributed by atoms with van der Waals surface area (Å²) in [6, 6.07) is 15.2. The van der Waals surface area contributed by atoms with E-state index in [1.165, 1.54) is 4.31 Å². The molecular formula is C24H27N3O3S2. The fraction of sp³-hybridized carbons (Fsp3) is 0.333. The molecule has 0 radical (unpaired) electrons. The molecule has 1 N–H and O–H groups in total. The van der Waals surface area contributed by atoms with Crippen molar-refractivity contribution in [2.45, 2.75) is 38.1 Å². The molecule has 0 bridgehead atoms. The fourth-order valence-electron chi connectivity index (χ4n) is 3.81. The second-order valence-corrected chi connectivity index (χ2v) is 10.9. The van der Waals surface area contributed by atoms with Crippen LogP contribution in [0.3, 0.4) is 0 Å². The number of aryl methyl sites for hydroxylation is 2. The Morgan fingerprint density at radius 3 is 2.50 bits per heavy atom. The Labute approximate surface area is 193 Å². The van der Waals surface area contributed by atoms with Gasteiger partial charge in [-0.05, 0) is 49.9 Å². The number of nitrogens with one attached hydrogen (secondary N) is 1. The summed E-state index contributed by atoms with van der Waals surface area (Å²) < 4.78 is 27.4. The van der Waals surface area contributed by atoms with Crippen LogP contribution < -0.4 is 5.32 Å². The molecule has 0 unspecified atom stereocenters. The van der Waals surface area contributed by atoms with Gasteiger partial charge in [-0.1, -0.05) is 36.4 Å². The van der Waals surface area contributed by atoms with Crippen molar-refractivity contribution in [3.05, 3.63) is 70.7 Å². The van der Waals surface area contributed by atoms with Crippen LogP contribution in [0.2, 0.25) is 0 Å². The predicted molar refractivity (Wildman–Crippen MR) is 127 cm³/mol. The van der Waals surface area contributed by atoms with Crippen LogP contribution in [0.4, 0.5) is 0 Å². The molecule has 1 saturated heterocycles. The van der Waals surface area contributed by atoms with Crippen molar-refractivity contribution in [2.75, 3.05) is 13.1 Å². The first-order chi connectivity index (χ1) is 15.3. The van der Waals surface area contributed by atoms with Crippen molar-refractivity contribution in [1.29, 1.82) is 0 Å². The average molecular weight is 470 g/mol. The number of hydrogen-bond acceptors (Lipinski definition) is 5. The van der Waals surface area contributed by atoms with E-state index < -0.39 is 10.0 Å². The second kappa shape index (κ2) is 9.52. The Morgan fingerprint density at radius 2 is 1.81 bits per heavy atom. The highest BCUT2D eigenvalue weighted by molar-refractivity contribution is 7.89.